The number of anilines is 2. The molecule has 5 aliphatic heterocycles. The van der Waals surface area contributed by atoms with E-state index in [2.05, 4.69) is 9.97 Å². The lowest BCUT2D eigenvalue weighted by Crippen LogP contribution is -2.57. The van der Waals surface area contributed by atoms with Crippen molar-refractivity contribution in [2.24, 2.45) is 0 Å². The molecule has 2 aromatic heterocycles. The molecule has 2 N–H and O–H groups in total. The smallest absolute Gasteiger partial charge is 0.417 e. The molecule has 0 spiro atoms. The summed E-state index contributed by atoms with van der Waals surface area (Å²) in [7, 11) is 0. The first kappa shape index (κ1) is 29.1. The Labute approximate surface area is 257 Å². The maximum absolute atomic E-state index is 16.8. The van der Waals surface area contributed by atoms with Crippen LogP contribution in [0.4, 0.5) is 38.0 Å². The predicted molar refractivity (Wildman–Crippen MR) is 153 cm³/mol. The summed E-state index contributed by atoms with van der Waals surface area (Å²) in [4.78, 5) is 12.5. The molecule has 240 valence electrons. The second-order valence-corrected chi connectivity index (χ2v) is 12.5. The van der Waals surface area contributed by atoms with Crippen molar-refractivity contribution in [3.05, 3.63) is 41.0 Å². The van der Waals surface area contributed by atoms with Gasteiger partial charge in [-0.3, -0.25) is 4.90 Å². The maximum atomic E-state index is 16.8. The van der Waals surface area contributed by atoms with Crippen LogP contribution in [0.3, 0.4) is 0 Å². The molecule has 4 atom stereocenters. The summed E-state index contributed by atoms with van der Waals surface area (Å²) in [5, 5.41) is 9.09. The topological polar surface area (TPSA) is 114 Å². The van der Waals surface area contributed by atoms with Gasteiger partial charge in [0.25, 0.3) is 0 Å². The number of benzene rings is 2. The summed E-state index contributed by atoms with van der Waals surface area (Å²) < 4.78 is 107. The third-order valence-electron chi connectivity index (χ3n) is 9.68. The Kier molecular flexibility index (Phi) is 6.40. The highest BCUT2D eigenvalue weighted by molar-refractivity contribution is 6.04. The van der Waals surface area contributed by atoms with E-state index in [-0.39, 0.29) is 49.0 Å². The molecule has 15 heteroatoms. The Hall–Kier alpha value is -4.29. The van der Waals surface area contributed by atoms with E-state index in [0.29, 0.717) is 26.1 Å². The van der Waals surface area contributed by atoms with E-state index in [4.69, 9.17) is 19.6 Å². The standard InChI is InChI=1S/C31H26F6N6O3/c32-14-8-30(4-1-5-43(30)10-14)13-44-29-40-25-18(28(41-29)42-11-15-6-16(12-42)45-15)7-20(31(35,36)37)23(24(25)34)17-2-3-21(33)26-22(17)19(9-38)27(39)46-26/h2-3,7,14-16H,1,4-6,8,10-13,39H2/t14-,15?,16?,30+/m1/s1. The molecular formula is C31H26F6N6O3. The molecule has 2 bridgehead atoms. The fourth-order valence-electron chi connectivity index (χ4n) is 7.67. The van der Waals surface area contributed by atoms with Gasteiger partial charge in [0.15, 0.2) is 17.2 Å². The van der Waals surface area contributed by atoms with Crippen LogP contribution in [0, 0.1) is 23.0 Å². The molecule has 0 amide bonds. The number of alkyl halides is 4. The highest BCUT2D eigenvalue weighted by Gasteiger charge is 2.49. The molecule has 0 aliphatic carbocycles. The number of halogens is 6. The first-order chi connectivity index (χ1) is 22.0. The lowest BCUT2D eigenvalue weighted by molar-refractivity contribution is -0.137. The lowest BCUT2D eigenvalue weighted by atomic mass is 9.92. The van der Waals surface area contributed by atoms with Crippen LogP contribution < -0.4 is 15.4 Å². The molecular weight excluding hydrogens is 618 g/mol. The average Bonchev–Trinajstić information content (AvgIpc) is 3.65. The predicted octanol–water partition coefficient (Wildman–Crippen LogP) is 5.73. The molecule has 2 aromatic carbocycles. The first-order valence-corrected chi connectivity index (χ1v) is 14.9. The third kappa shape index (κ3) is 4.37. The molecule has 0 saturated carbocycles. The van der Waals surface area contributed by atoms with Crippen molar-refractivity contribution in [3.63, 3.8) is 0 Å². The number of rotatable bonds is 5. The van der Waals surface area contributed by atoms with Crippen molar-refractivity contribution in [2.75, 3.05) is 43.4 Å². The number of aromatic nitrogens is 2. The van der Waals surface area contributed by atoms with Gasteiger partial charge in [-0.15, -0.1) is 0 Å². The van der Waals surface area contributed by atoms with Crippen molar-refractivity contribution in [3.8, 4) is 23.2 Å². The monoisotopic (exact) mass is 644 g/mol. The first-order valence-electron chi connectivity index (χ1n) is 14.9. The summed E-state index contributed by atoms with van der Waals surface area (Å²) in [5.41, 5.74) is 0.893. The summed E-state index contributed by atoms with van der Waals surface area (Å²) in [5.74, 6) is -2.85. The van der Waals surface area contributed by atoms with Gasteiger partial charge in [0.05, 0.1) is 28.7 Å². The number of nitriles is 1. The highest BCUT2D eigenvalue weighted by Crippen LogP contribution is 2.48. The molecule has 5 fully saturated rings. The second-order valence-electron chi connectivity index (χ2n) is 12.5. The number of nitrogens with two attached hydrogens (primary N) is 1. The van der Waals surface area contributed by atoms with Crippen molar-refractivity contribution in [1.29, 1.82) is 5.26 Å². The fraction of sp³-hybridized carbons (Fsp3) is 0.452. The number of hydrogen-bond donors (Lipinski definition) is 1. The normalized spacial score (nSPS) is 26.0. The van der Waals surface area contributed by atoms with E-state index in [0.717, 1.165) is 31.0 Å². The van der Waals surface area contributed by atoms with Crippen molar-refractivity contribution < 1.29 is 40.2 Å². The largest absolute Gasteiger partial charge is 0.461 e. The molecule has 46 heavy (non-hydrogen) atoms. The molecule has 5 saturated heterocycles. The number of hydrogen-bond acceptors (Lipinski definition) is 9. The van der Waals surface area contributed by atoms with Crippen LogP contribution in [0.1, 0.15) is 36.8 Å². The van der Waals surface area contributed by atoms with Crippen LogP contribution in [-0.2, 0) is 10.9 Å². The molecule has 5 aliphatic rings. The molecule has 2 unspecified atom stereocenters. The van der Waals surface area contributed by atoms with Crippen molar-refractivity contribution in [2.45, 2.75) is 55.8 Å². The molecule has 7 heterocycles. The molecule has 9 rings (SSSR count). The summed E-state index contributed by atoms with van der Waals surface area (Å²) in [6, 6.07) is 3.98. The van der Waals surface area contributed by atoms with Gasteiger partial charge < -0.3 is 24.5 Å². The number of morpholine rings is 1. The average molecular weight is 645 g/mol. The van der Waals surface area contributed by atoms with E-state index in [1.165, 1.54) is 0 Å². The van der Waals surface area contributed by atoms with Crippen molar-refractivity contribution in [1.82, 2.24) is 14.9 Å². The lowest BCUT2D eigenvalue weighted by Gasteiger charge is -2.47. The minimum atomic E-state index is -5.09. The Morgan fingerprint density at radius 3 is 2.63 bits per heavy atom. The van der Waals surface area contributed by atoms with Gasteiger partial charge in [-0.2, -0.15) is 28.4 Å². The van der Waals surface area contributed by atoms with E-state index in [1.807, 2.05) is 4.90 Å². The minimum absolute atomic E-state index is 0.0141. The fourth-order valence-corrected chi connectivity index (χ4v) is 7.67. The van der Waals surface area contributed by atoms with Gasteiger partial charge in [0.2, 0.25) is 5.88 Å². The van der Waals surface area contributed by atoms with E-state index in [9.17, 15) is 27.2 Å². The number of ether oxygens (including phenoxy) is 2. The van der Waals surface area contributed by atoms with E-state index >= 15 is 4.39 Å². The molecule has 4 aromatic rings. The zero-order valence-electron chi connectivity index (χ0n) is 24.1. The number of furan rings is 1. The van der Waals surface area contributed by atoms with Crippen LogP contribution in [0.2, 0.25) is 0 Å². The molecule has 9 nitrogen and oxygen atoms in total. The summed E-state index contributed by atoms with van der Waals surface area (Å²) in [6.07, 6.45) is -3.86. The Balaban J connectivity index is 1.34. The van der Waals surface area contributed by atoms with Gasteiger partial charge >= 0.3 is 12.2 Å². The third-order valence-corrected chi connectivity index (χ3v) is 9.68. The zero-order valence-corrected chi connectivity index (χ0v) is 24.1. The Morgan fingerprint density at radius 2 is 1.91 bits per heavy atom. The van der Waals surface area contributed by atoms with Gasteiger partial charge in [0, 0.05) is 43.4 Å². The number of nitrogen functional groups attached to an aromatic ring is 1. The number of fused-ring (bicyclic) bond motifs is 5. The SMILES string of the molecule is N#Cc1c(N)oc2c(F)ccc(-c3c(C(F)(F)F)cc4c(N5CC6CC(C5)O6)nc(OC[C@@]56CCCN5C[C@H](F)C6)nc4c3F)c12. The van der Waals surface area contributed by atoms with E-state index in [1.54, 1.807) is 11.0 Å². The highest BCUT2D eigenvalue weighted by atomic mass is 19.4. The maximum Gasteiger partial charge on any atom is 0.417 e. The Morgan fingerprint density at radius 1 is 1.15 bits per heavy atom. The van der Waals surface area contributed by atoms with Crippen molar-refractivity contribution >= 4 is 33.6 Å². The minimum Gasteiger partial charge on any atom is -0.461 e. The van der Waals surface area contributed by atoms with E-state index < -0.39 is 74.1 Å². The molecule has 0 radical (unpaired) electrons. The van der Waals surface area contributed by atoms with Crippen LogP contribution in [0.15, 0.2) is 22.6 Å². The number of piperidine rings is 1. The van der Waals surface area contributed by atoms with Gasteiger partial charge in [-0.1, -0.05) is 6.07 Å². The van der Waals surface area contributed by atoms with Crippen LogP contribution >= 0.6 is 0 Å². The van der Waals surface area contributed by atoms with Gasteiger partial charge in [0.1, 0.15) is 35.7 Å². The van der Waals surface area contributed by atoms with Crippen LogP contribution in [0.5, 0.6) is 6.01 Å². The van der Waals surface area contributed by atoms with Crippen LogP contribution in [0.25, 0.3) is 33.0 Å². The number of nitrogens with zero attached hydrogens (tertiary/aromatic N) is 5. The summed E-state index contributed by atoms with van der Waals surface area (Å²) in [6.45, 7) is 1.62. The quantitative estimate of drug-likeness (QED) is 0.272. The second kappa shape index (κ2) is 10.1. The zero-order chi connectivity index (χ0) is 32.1. The summed E-state index contributed by atoms with van der Waals surface area (Å²) >= 11 is 0. The van der Waals surface area contributed by atoms with Gasteiger partial charge in [-0.05, 0) is 37.1 Å². The van der Waals surface area contributed by atoms with Crippen LogP contribution in [-0.4, -0.2) is 71.6 Å². The van der Waals surface area contributed by atoms with Gasteiger partial charge in [-0.25, -0.2) is 13.2 Å². The Bertz CT molecular complexity index is 1940.